The summed E-state index contributed by atoms with van der Waals surface area (Å²) >= 11 is 0. The molecule has 1 saturated heterocycles. The molecule has 342 valence electrons. The van der Waals surface area contributed by atoms with Gasteiger partial charge in [-0.15, -0.1) is 0 Å². The van der Waals surface area contributed by atoms with Gasteiger partial charge < -0.3 is 27.2 Å². The lowest BCUT2D eigenvalue weighted by atomic mass is 9.99. The number of hydrogen-bond donors (Lipinski definition) is 0. The van der Waals surface area contributed by atoms with E-state index in [0.717, 1.165) is 44.9 Å². The molecular weight excluding hydrogens is 789 g/mol. The van der Waals surface area contributed by atoms with Gasteiger partial charge in [-0.3, -0.25) is 0 Å². The van der Waals surface area contributed by atoms with Crippen LogP contribution in [0.4, 0.5) is 0 Å². The third kappa shape index (κ3) is 26.4. The fourth-order valence-corrected chi connectivity index (χ4v) is 10.7. The van der Waals surface area contributed by atoms with E-state index in [-0.39, 0.29) is 76.2 Å². The minimum Gasteiger partial charge on any atom is -0.455 e. The Kier molecular flexibility index (Phi) is 9.74. The predicted molar refractivity (Wildman–Crippen MR) is 257 cm³/mol. The highest BCUT2D eigenvalue weighted by atomic mass is 28.4. The van der Waals surface area contributed by atoms with E-state index in [4.69, 9.17) is 76.5 Å². The van der Waals surface area contributed by atoms with Crippen LogP contribution < -0.4 is 0 Å². The molecule has 2 rings (SSSR count). The van der Waals surface area contributed by atoms with Gasteiger partial charge in [0.2, 0.25) is 0 Å². The molecule has 0 aromatic heterocycles. The minimum absolute atomic E-state index is 0.00584. The number of ether oxygens (including phenoxy) is 2. The van der Waals surface area contributed by atoms with Gasteiger partial charge in [0.15, 0.2) is 33.3 Å². The summed E-state index contributed by atoms with van der Waals surface area (Å²) in [5.41, 5.74) is -0.0654. The van der Waals surface area contributed by atoms with Gasteiger partial charge in [-0.05, 0) is 136 Å². The van der Waals surface area contributed by atoms with E-state index in [1.165, 1.54) is 13.0 Å². The maximum absolute atomic E-state index is 12.8. The monoisotopic (exact) mass is 921 g/mol. The van der Waals surface area contributed by atoms with E-state index < -0.39 is 179 Å². The van der Waals surface area contributed by atoms with Gasteiger partial charge in [0.25, 0.3) is 0 Å². The molecule has 0 amide bonds. The van der Waals surface area contributed by atoms with Gasteiger partial charge in [-0.25, -0.2) is 4.79 Å². The fourth-order valence-electron chi connectivity index (χ4n) is 7.79. The molecule has 0 aliphatic carbocycles. The highest BCUT2D eigenvalue weighted by Gasteiger charge is 2.39. The molecule has 0 bridgehead atoms. The molecule has 1 fully saturated rings. The zero-order valence-corrected chi connectivity index (χ0v) is 38.7. The summed E-state index contributed by atoms with van der Waals surface area (Å²) in [4.78, 5) is 12.8. The Morgan fingerprint density at radius 3 is 1.41 bits per heavy atom. The van der Waals surface area contributed by atoms with Crippen LogP contribution in [0.15, 0.2) is 11.6 Å². The molecule has 0 spiro atoms. The van der Waals surface area contributed by atoms with Crippen molar-refractivity contribution in [1.82, 2.24) is 0 Å². The lowest BCUT2D eigenvalue weighted by molar-refractivity contribution is -0.139. The fraction of sp³-hybridized carbons (Fsp3) is 0.936. The summed E-state index contributed by atoms with van der Waals surface area (Å²) in [6, 6.07) is 0. The van der Waals surface area contributed by atoms with E-state index in [0.29, 0.717) is 12.8 Å². The maximum Gasteiger partial charge on any atom is 0.334 e. The van der Waals surface area contributed by atoms with Crippen LogP contribution in [-0.4, -0.2) is 82.0 Å². The first-order chi connectivity index (χ1) is 42.0. The van der Waals surface area contributed by atoms with Crippen LogP contribution in [0.5, 0.6) is 0 Å². The Morgan fingerprint density at radius 2 is 0.948 bits per heavy atom. The molecule has 11 heteroatoms. The molecule has 0 saturated carbocycles. The van der Waals surface area contributed by atoms with E-state index >= 15 is 0 Å². The molecule has 2 aliphatic heterocycles. The van der Waals surface area contributed by atoms with Crippen LogP contribution in [0.1, 0.15) is 211 Å². The van der Waals surface area contributed by atoms with Crippen molar-refractivity contribution in [3.05, 3.63) is 11.6 Å². The highest BCUT2D eigenvalue weighted by molar-refractivity contribution is 6.70. The van der Waals surface area contributed by atoms with Crippen LogP contribution in [0.3, 0.4) is 0 Å². The Bertz CT molecular complexity index is 2210. The van der Waals surface area contributed by atoms with Crippen molar-refractivity contribution in [2.45, 2.75) is 282 Å². The Hall–Kier alpha value is -0.122. The van der Waals surface area contributed by atoms with E-state index in [1.807, 2.05) is 0 Å². The minimum atomic E-state index is -6.16. The first-order valence-electron chi connectivity index (χ1n) is 39.3. The van der Waals surface area contributed by atoms with E-state index in [9.17, 15) is 4.79 Å². The van der Waals surface area contributed by atoms with Crippen LogP contribution >= 0.6 is 0 Å². The Labute approximate surface area is 414 Å². The third-order valence-electron chi connectivity index (χ3n) is 10.4. The summed E-state index contributed by atoms with van der Waals surface area (Å²) in [5.74, 6) is -0.860. The van der Waals surface area contributed by atoms with Gasteiger partial charge in [0.1, 0.15) is 6.10 Å². The van der Waals surface area contributed by atoms with Gasteiger partial charge in [-0.2, -0.15) is 0 Å². The lowest BCUT2D eigenvalue weighted by Crippen LogP contribution is -2.42. The summed E-state index contributed by atoms with van der Waals surface area (Å²) in [5, 5.41) is 0. The van der Waals surface area contributed by atoms with Crippen molar-refractivity contribution in [3.8, 4) is 0 Å². The van der Waals surface area contributed by atoms with E-state index in [1.54, 1.807) is 0 Å². The van der Waals surface area contributed by atoms with Crippen LogP contribution in [0, 0.1) is 0 Å². The van der Waals surface area contributed by atoms with Crippen molar-refractivity contribution in [3.63, 3.8) is 0 Å². The number of cyclic esters (lactones) is 1. The van der Waals surface area contributed by atoms with Crippen molar-refractivity contribution >= 4 is 39.2 Å². The molecule has 0 N–H and O–H groups in total. The quantitative estimate of drug-likeness (QED) is 0.0362. The maximum atomic E-state index is 12.8. The predicted octanol–water partition coefficient (Wildman–Crippen LogP) is 14.5. The summed E-state index contributed by atoms with van der Waals surface area (Å²) in [6.45, 7) is -41.3. The zero-order valence-electron chi connectivity index (χ0n) is 70.7. The molecular formula is C47H96O7Si4. The number of hydrogen-bond acceptors (Lipinski definition) is 7. The van der Waals surface area contributed by atoms with Crippen LogP contribution in [0.25, 0.3) is 0 Å². The smallest absolute Gasteiger partial charge is 0.334 e. The Morgan fingerprint density at radius 1 is 0.569 bits per heavy atom. The molecule has 7 nitrogen and oxygen atoms in total. The van der Waals surface area contributed by atoms with Gasteiger partial charge in [0.05, 0.1) is 24.4 Å². The zero-order chi connectivity index (χ0) is 73.4. The first-order valence-corrected chi connectivity index (χ1v) is 29.0. The molecule has 58 heavy (non-hydrogen) atoms. The SMILES string of the molecule is [2H]C([2H])([2H])[Si](O[C@H](CCCCC[C@H](CC1=C[C@H](C)OC1=O)O[Si](C([2H])([2H])[2H])(C([2H])([2H])[2H])C([2H])([2H])[2H])CCCC[C@@H](O[Si](C([2H])([2H])[2H])(C([2H])([2H])[2H])C([2H])([2H])[2H])[C@H]1CC[C@@H]([C@H](CCCCCCCCCCCC)O[Si](C([2H])([2H])[2H])(C([2H])([2H])[2H])C([2H])([2H])[2H])O1)(C([2H])([2H])[2H])C([2H])([2H])[2H]. The second-order valence-electron chi connectivity index (χ2n) is 16.2. The second-order valence-corrected chi connectivity index (χ2v) is 22.6. The molecule has 0 radical (unpaired) electrons. The molecule has 0 aromatic carbocycles. The number of esters is 1. The second kappa shape index (κ2) is 27.1. The molecule has 0 aromatic rings. The van der Waals surface area contributed by atoms with Gasteiger partial charge >= 0.3 is 5.97 Å². The number of carbonyl (C=O) groups is 1. The number of unbranched alkanes of at least 4 members (excludes halogenated alkanes) is 12. The summed E-state index contributed by atoms with van der Waals surface area (Å²) in [6.07, 6.45) is -3.55. The van der Waals surface area contributed by atoms with Crippen molar-refractivity contribution in [2.24, 2.45) is 0 Å². The normalized spacial score (nSPS) is 33.4. The molecule has 7 atom stereocenters. The molecule has 0 unspecified atom stereocenters. The molecule has 2 heterocycles. The highest BCUT2D eigenvalue weighted by Crippen LogP contribution is 2.34. The van der Waals surface area contributed by atoms with Gasteiger partial charge in [-0.1, -0.05) is 103 Å². The molecule has 2 aliphatic rings. The van der Waals surface area contributed by atoms with Crippen LogP contribution in [-0.2, 0) is 32.0 Å². The average Bonchev–Trinajstić information content (AvgIpc) is 0.831. The number of rotatable bonds is 34. The number of carbonyl (C=O) groups excluding carboxylic acids is 1. The van der Waals surface area contributed by atoms with Gasteiger partial charge in [0, 0.05) is 73.5 Å². The summed E-state index contributed by atoms with van der Waals surface area (Å²) < 4.78 is 336. The van der Waals surface area contributed by atoms with Crippen LogP contribution in [0.2, 0.25) is 77.7 Å². The lowest BCUT2D eigenvalue weighted by Gasteiger charge is -2.33. The van der Waals surface area contributed by atoms with E-state index in [2.05, 4.69) is 6.92 Å². The Balaban J connectivity index is 2.77. The summed E-state index contributed by atoms with van der Waals surface area (Å²) in [7, 11) is -24.0. The third-order valence-corrected chi connectivity index (χ3v) is 13.0. The first kappa shape index (κ1) is 20.8. The van der Waals surface area contributed by atoms with Crippen molar-refractivity contribution in [2.75, 3.05) is 0 Å². The average molecular weight is 922 g/mol. The standard InChI is InChI=1S/C47H96O7Si4/c1-15-16-17-18-19-20-21-22-23-27-33-45(53-57(9,10)11)43-35-36-44(50-43)46(54-58(12,13)14)34-29-28-31-41(51-55(3,4)5)30-25-24-26-32-42(52-56(6,7)8)38-40-37-39(2)49-47(40)48/h37,39,41-46H,15-36,38H2,1-14H3/t39-,41+,42+,43-,44+,45-,46+/m0/s1/i3D3,4D3,5D3,6D3,7D3,8D3,9D3,10D3,11D3,12D3,13D3,14D3. The van der Waals surface area contributed by atoms with Crippen molar-refractivity contribution in [1.29, 1.82) is 0 Å². The largest absolute Gasteiger partial charge is 0.455 e. The topological polar surface area (TPSA) is 72.5 Å². The van der Waals surface area contributed by atoms with Crippen molar-refractivity contribution < 1.29 is 81.3 Å².